The Hall–Kier alpha value is -0.0800. The lowest BCUT2D eigenvalue weighted by atomic mass is 10.0. The zero-order valence-corrected chi connectivity index (χ0v) is 14.3. The molecule has 0 radical (unpaired) electrons. The smallest absolute Gasteiger partial charge is 0.0210 e. The molecule has 0 rings (SSSR count). The number of nitrogens with two attached hydrogens (primary N) is 1. The third-order valence-corrected chi connectivity index (χ3v) is 4.30. The van der Waals surface area contributed by atoms with Crippen LogP contribution in [0.2, 0.25) is 0 Å². The largest absolute Gasteiger partial charge is 0.271 e. The molecule has 1 unspecified atom stereocenters. The van der Waals surface area contributed by atoms with Gasteiger partial charge < -0.3 is 0 Å². The molecule has 0 aliphatic rings. The van der Waals surface area contributed by atoms with Crippen molar-refractivity contribution in [3.8, 4) is 0 Å². The van der Waals surface area contributed by atoms with Crippen LogP contribution in [-0.4, -0.2) is 6.04 Å². The summed E-state index contributed by atoms with van der Waals surface area (Å²) in [6.45, 7) is 4.55. The maximum atomic E-state index is 5.67. The van der Waals surface area contributed by atoms with Crippen LogP contribution in [0.4, 0.5) is 0 Å². The zero-order valence-electron chi connectivity index (χ0n) is 14.3. The maximum absolute atomic E-state index is 5.67. The maximum Gasteiger partial charge on any atom is 0.0210 e. The third-order valence-electron chi connectivity index (χ3n) is 4.30. The molecule has 1 atom stereocenters. The summed E-state index contributed by atoms with van der Waals surface area (Å²) in [4.78, 5) is 0. The first-order valence-corrected chi connectivity index (χ1v) is 9.31. The number of rotatable bonds is 16. The van der Waals surface area contributed by atoms with Crippen molar-refractivity contribution in [2.45, 2.75) is 116 Å². The monoisotopic (exact) mass is 284 g/mol. The van der Waals surface area contributed by atoms with Crippen LogP contribution in [0.5, 0.6) is 0 Å². The zero-order chi connectivity index (χ0) is 14.9. The van der Waals surface area contributed by atoms with Gasteiger partial charge in [0.05, 0.1) is 0 Å². The number of hydrogen-bond donors (Lipinski definition) is 2. The molecule has 0 aromatic rings. The Morgan fingerprint density at radius 2 is 0.950 bits per heavy atom. The number of hydrogen-bond acceptors (Lipinski definition) is 2. The first-order chi connectivity index (χ1) is 9.85. The molecule has 0 bridgehead atoms. The Balaban J connectivity index is 3.29. The van der Waals surface area contributed by atoms with E-state index in [9.17, 15) is 0 Å². The summed E-state index contributed by atoms with van der Waals surface area (Å²) in [5.74, 6) is 5.67. The molecule has 20 heavy (non-hydrogen) atoms. The van der Waals surface area contributed by atoms with E-state index in [-0.39, 0.29) is 0 Å². The van der Waals surface area contributed by atoms with Gasteiger partial charge in [0.1, 0.15) is 0 Å². The van der Waals surface area contributed by atoms with Crippen molar-refractivity contribution < 1.29 is 0 Å². The predicted molar refractivity (Wildman–Crippen MR) is 91.7 cm³/mol. The van der Waals surface area contributed by atoms with E-state index in [2.05, 4.69) is 19.3 Å². The minimum absolute atomic E-state index is 0.553. The van der Waals surface area contributed by atoms with Crippen molar-refractivity contribution in [2.75, 3.05) is 0 Å². The third kappa shape index (κ3) is 14.3. The molecule has 0 amide bonds. The van der Waals surface area contributed by atoms with Gasteiger partial charge in [0.25, 0.3) is 0 Å². The van der Waals surface area contributed by atoms with Crippen molar-refractivity contribution in [2.24, 2.45) is 5.84 Å². The Kier molecular flexibility index (Phi) is 16.9. The fraction of sp³-hybridized carbons (Fsp3) is 1.00. The van der Waals surface area contributed by atoms with Gasteiger partial charge in [-0.3, -0.25) is 11.3 Å². The molecule has 0 spiro atoms. The summed E-state index contributed by atoms with van der Waals surface area (Å²) in [7, 11) is 0. The summed E-state index contributed by atoms with van der Waals surface area (Å²) >= 11 is 0. The minimum Gasteiger partial charge on any atom is -0.271 e. The Bertz CT molecular complexity index is 171. The molecule has 3 N–H and O–H groups in total. The van der Waals surface area contributed by atoms with Gasteiger partial charge in [-0.1, -0.05) is 97.3 Å². The summed E-state index contributed by atoms with van der Waals surface area (Å²) in [6, 6.07) is 0.553. The molecule has 0 aliphatic carbocycles. The van der Waals surface area contributed by atoms with E-state index >= 15 is 0 Å². The van der Waals surface area contributed by atoms with Crippen LogP contribution in [0, 0.1) is 0 Å². The van der Waals surface area contributed by atoms with Gasteiger partial charge in [-0.25, -0.2) is 0 Å². The lowest BCUT2D eigenvalue weighted by Crippen LogP contribution is -2.34. The highest BCUT2D eigenvalue weighted by atomic mass is 15.2. The highest BCUT2D eigenvalue weighted by molar-refractivity contribution is 4.64. The molecule has 122 valence electrons. The van der Waals surface area contributed by atoms with Crippen LogP contribution in [0.3, 0.4) is 0 Å². The summed E-state index contributed by atoms with van der Waals surface area (Å²) in [6.07, 6.45) is 20.5. The quantitative estimate of drug-likeness (QED) is 0.216. The second-order valence-electron chi connectivity index (χ2n) is 6.33. The summed E-state index contributed by atoms with van der Waals surface area (Å²) < 4.78 is 0. The topological polar surface area (TPSA) is 38.0 Å². The SMILES string of the molecule is CCCCCCCCCC(CCCCCCCC)NN. The molecule has 0 aromatic heterocycles. The van der Waals surface area contributed by atoms with Crippen molar-refractivity contribution in [3.05, 3.63) is 0 Å². The van der Waals surface area contributed by atoms with Crippen LogP contribution < -0.4 is 11.3 Å². The lowest BCUT2D eigenvalue weighted by molar-refractivity contribution is 0.419. The average molecular weight is 285 g/mol. The number of unbranched alkanes of at least 4 members (excludes halogenated alkanes) is 11. The molecule has 0 fully saturated rings. The van der Waals surface area contributed by atoms with E-state index in [4.69, 9.17) is 5.84 Å². The molecule has 2 nitrogen and oxygen atoms in total. The molecular weight excluding hydrogens is 244 g/mol. The number of nitrogens with one attached hydrogen (secondary N) is 1. The van der Waals surface area contributed by atoms with E-state index in [0.717, 1.165) is 0 Å². The van der Waals surface area contributed by atoms with Crippen LogP contribution in [0.15, 0.2) is 0 Å². The van der Waals surface area contributed by atoms with Gasteiger partial charge in [-0.05, 0) is 12.8 Å². The summed E-state index contributed by atoms with van der Waals surface area (Å²) in [5, 5.41) is 0. The van der Waals surface area contributed by atoms with Crippen molar-refractivity contribution in [3.63, 3.8) is 0 Å². The first-order valence-electron chi connectivity index (χ1n) is 9.31. The molecule has 0 saturated heterocycles. The number of hydrazine groups is 1. The van der Waals surface area contributed by atoms with Crippen molar-refractivity contribution in [1.29, 1.82) is 0 Å². The molecule has 0 saturated carbocycles. The average Bonchev–Trinajstić information content (AvgIpc) is 2.47. The normalized spacial score (nSPS) is 12.8. The van der Waals surface area contributed by atoms with E-state index in [1.165, 1.54) is 96.3 Å². The highest BCUT2D eigenvalue weighted by Crippen LogP contribution is 2.14. The van der Waals surface area contributed by atoms with Gasteiger partial charge in [-0.15, -0.1) is 0 Å². The minimum atomic E-state index is 0.553. The van der Waals surface area contributed by atoms with Crippen molar-refractivity contribution in [1.82, 2.24) is 5.43 Å². The molecule has 0 aromatic carbocycles. The van der Waals surface area contributed by atoms with Gasteiger partial charge in [0.15, 0.2) is 0 Å². The lowest BCUT2D eigenvalue weighted by Gasteiger charge is -2.15. The molecule has 0 aliphatic heterocycles. The molecule has 2 heteroatoms. The van der Waals surface area contributed by atoms with Gasteiger partial charge in [-0.2, -0.15) is 0 Å². The first kappa shape index (κ1) is 19.9. The standard InChI is InChI=1S/C18H40N2/c1-3-5-7-9-11-13-15-17-18(20-19)16-14-12-10-8-6-4-2/h18,20H,3-17,19H2,1-2H3. The van der Waals surface area contributed by atoms with E-state index in [1.54, 1.807) is 0 Å². The van der Waals surface area contributed by atoms with E-state index in [0.29, 0.717) is 6.04 Å². The summed E-state index contributed by atoms with van der Waals surface area (Å²) in [5.41, 5.74) is 3.02. The molecular formula is C18H40N2. The van der Waals surface area contributed by atoms with Gasteiger partial charge >= 0.3 is 0 Å². The van der Waals surface area contributed by atoms with Crippen LogP contribution in [0.1, 0.15) is 110 Å². The highest BCUT2D eigenvalue weighted by Gasteiger charge is 2.05. The fourth-order valence-corrected chi connectivity index (χ4v) is 2.83. The van der Waals surface area contributed by atoms with Gasteiger partial charge in [0, 0.05) is 6.04 Å². The van der Waals surface area contributed by atoms with Crippen LogP contribution in [0.25, 0.3) is 0 Å². The van der Waals surface area contributed by atoms with Gasteiger partial charge in [0.2, 0.25) is 0 Å². The Morgan fingerprint density at radius 3 is 1.30 bits per heavy atom. The Labute approximate surface area is 128 Å². The van der Waals surface area contributed by atoms with E-state index in [1.807, 2.05) is 0 Å². The van der Waals surface area contributed by atoms with E-state index < -0.39 is 0 Å². The van der Waals surface area contributed by atoms with Crippen LogP contribution in [-0.2, 0) is 0 Å². The predicted octanol–water partition coefficient (Wildman–Crippen LogP) is 5.71. The second kappa shape index (κ2) is 17.0. The molecule has 0 heterocycles. The van der Waals surface area contributed by atoms with Crippen LogP contribution >= 0.6 is 0 Å². The second-order valence-corrected chi connectivity index (χ2v) is 6.33. The fourth-order valence-electron chi connectivity index (χ4n) is 2.83. The Morgan fingerprint density at radius 1 is 0.600 bits per heavy atom. The van der Waals surface area contributed by atoms with Crippen molar-refractivity contribution >= 4 is 0 Å².